The highest BCUT2D eigenvalue weighted by Crippen LogP contribution is 1.97. The number of aliphatic carboxylic acids is 1. The van der Waals surface area contributed by atoms with Crippen LogP contribution in [0.1, 0.15) is 33.1 Å². The Hall–Kier alpha value is -2.32. The number of carbonyl (C=O) groups is 4. The molecule has 1 unspecified atom stereocenters. The van der Waals surface area contributed by atoms with Crippen LogP contribution < -0.4 is 21.7 Å². The Morgan fingerprint density at radius 1 is 1.10 bits per heavy atom. The summed E-state index contributed by atoms with van der Waals surface area (Å²) in [5, 5.41) is 16.1. The fourth-order valence-corrected chi connectivity index (χ4v) is 1.44. The van der Waals surface area contributed by atoms with E-state index in [4.69, 9.17) is 10.8 Å². The summed E-state index contributed by atoms with van der Waals surface area (Å²) in [6.45, 7) is 3.70. The van der Waals surface area contributed by atoms with E-state index in [0.29, 0.717) is 0 Å². The Labute approximate surface area is 122 Å². The first-order valence-electron chi connectivity index (χ1n) is 6.57. The lowest BCUT2D eigenvalue weighted by molar-refractivity contribution is -0.139. The lowest BCUT2D eigenvalue weighted by atomic mass is 10.1. The Kier molecular flexibility index (Phi) is 8.51. The molecule has 0 radical (unpaired) electrons. The fraction of sp³-hybridized carbons (Fsp3) is 0.667. The molecule has 0 aromatic rings. The van der Waals surface area contributed by atoms with Crippen LogP contribution in [-0.2, 0) is 14.4 Å². The van der Waals surface area contributed by atoms with E-state index in [2.05, 4.69) is 16.0 Å². The molecule has 0 aromatic carbocycles. The summed E-state index contributed by atoms with van der Waals surface area (Å²) < 4.78 is 0. The first-order chi connectivity index (χ1) is 9.72. The van der Waals surface area contributed by atoms with E-state index in [1.165, 1.54) is 0 Å². The molecule has 0 aliphatic heterocycles. The molecule has 1 atom stereocenters. The second-order valence-electron chi connectivity index (χ2n) is 4.77. The minimum atomic E-state index is -1.26. The van der Waals surface area contributed by atoms with Crippen molar-refractivity contribution >= 4 is 23.8 Å². The smallest absolute Gasteiger partial charge is 0.326 e. The van der Waals surface area contributed by atoms with Crippen LogP contribution in [0.2, 0.25) is 0 Å². The average molecular weight is 302 g/mol. The van der Waals surface area contributed by atoms with Crippen molar-refractivity contribution in [1.29, 1.82) is 0 Å². The van der Waals surface area contributed by atoms with Crippen molar-refractivity contribution in [2.45, 2.75) is 45.2 Å². The van der Waals surface area contributed by atoms with E-state index in [-0.39, 0.29) is 37.8 Å². The second kappa shape index (κ2) is 9.56. The van der Waals surface area contributed by atoms with Gasteiger partial charge in [0.1, 0.15) is 6.04 Å². The quantitative estimate of drug-likeness (QED) is 0.367. The van der Waals surface area contributed by atoms with Crippen LogP contribution in [0, 0.1) is 0 Å². The highest BCUT2D eigenvalue weighted by atomic mass is 16.4. The summed E-state index contributed by atoms with van der Waals surface area (Å²) in [6.07, 6.45) is -0.148. The van der Waals surface area contributed by atoms with Gasteiger partial charge >= 0.3 is 12.0 Å². The van der Waals surface area contributed by atoms with Gasteiger partial charge in [-0.15, -0.1) is 0 Å². The molecular formula is C12H22N4O5. The van der Waals surface area contributed by atoms with Crippen LogP contribution in [0.4, 0.5) is 4.79 Å². The molecule has 0 saturated heterocycles. The Balaban J connectivity index is 4.06. The van der Waals surface area contributed by atoms with E-state index in [9.17, 15) is 19.2 Å². The molecule has 0 rings (SSSR count). The average Bonchev–Trinajstić information content (AvgIpc) is 2.32. The monoisotopic (exact) mass is 302 g/mol. The minimum Gasteiger partial charge on any atom is -0.480 e. The molecule has 9 heteroatoms. The van der Waals surface area contributed by atoms with Crippen LogP contribution in [0.5, 0.6) is 0 Å². The van der Waals surface area contributed by atoms with Crippen LogP contribution in [0.3, 0.4) is 0 Å². The fourth-order valence-electron chi connectivity index (χ4n) is 1.44. The molecule has 9 nitrogen and oxygen atoms in total. The van der Waals surface area contributed by atoms with Crippen molar-refractivity contribution in [3.63, 3.8) is 0 Å². The minimum absolute atomic E-state index is 0.0107. The van der Waals surface area contributed by atoms with Gasteiger partial charge in [-0.25, -0.2) is 9.59 Å². The lowest BCUT2D eigenvalue weighted by Gasteiger charge is -2.14. The Morgan fingerprint density at radius 2 is 1.71 bits per heavy atom. The Bertz CT molecular complexity index is 397. The Morgan fingerprint density at radius 3 is 2.19 bits per heavy atom. The summed E-state index contributed by atoms with van der Waals surface area (Å²) in [5.74, 6) is -2.12. The van der Waals surface area contributed by atoms with E-state index in [0.717, 1.165) is 0 Å². The van der Waals surface area contributed by atoms with E-state index in [1.54, 1.807) is 0 Å². The maximum absolute atomic E-state index is 11.5. The summed E-state index contributed by atoms with van der Waals surface area (Å²) in [6, 6.07) is -1.91. The third kappa shape index (κ3) is 10.2. The van der Waals surface area contributed by atoms with Crippen molar-refractivity contribution < 1.29 is 24.3 Å². The molecule has 120 valence electrons. The predicted octanol–water partition coefficient (Wildman–Crippen LogP) is -1.08. The molecule has 6 N–H and O–H groups in total. The number of nitrogens with two attached hydrogens (primary N) is 1. The SMILES string of the molecule is CC(C)NC(=O)CCNC(=O)NC(CCC(N)=O)C(=O)O. The maximum atomic E-state index is 11.5. The number of carbonyl (C=O) groups excluding carboxylic acids is 3. The summed E-state index contributed by atoms with van der Waals surface area (Å²) in [4.78, 5) is 44.3. The van der Waals surface area contributed by atoms with Gasteiger partial charge in [0.2, 0.25) is 11.8 Å². The van der Waals surface area contributed by atoms with Crippen molar-refractivity contribution in [2.24, 2.45) is 5.73 Å². The molecule has 0 fully saturated rings. The molecule has 0 aromatic heterocycles. The second-order valence-corrected chi connectivity index (χ2v) is 4.77. The van der Waals surface area contributed by atoms with Crippen molar-refractivity contribution in [2.75, 3.05) is 6.54 Å². The van der Waals surface area contributed by atoms with Crippen LogP contribution in [0.15, 0.2) is 0 Å². The molecule has 0 saturated carbocycles. The zero-order valence-electron chi connectivity index (χ0n) is 12.1. The highest BCUT2D eigenvalue weighted by molar-refractivity contribution is 5.83. The molecule has 0 aliphatic carbocycles. The third-order valence-corrected chi connectivity index (χ3v) is 2.37. The van der Waals surface area contributed by atoms with Crippen molar-refractivity contribution in [1.82, 2.24) is 16.0 Å². The molecule has 0 spiro atoms. The number of amides is 4. The number of nitrogens with one attached hydrogen (secondary N) is 3. The summed E-state index contributed by atoms with van der Waals surface area (Å²) >= 11 is 0. The molecule has 0 aliphatic rings. The van der Waals surface area contributed by atoms with Crippen LogP contribution >= 0.6 is 0 Å². The maximum Gasteiger partial charge on any atom is 0.326 e. The molecular weight excluding hydrogens is 280 g/mol. The van der Waals surface area contributed by atoms with Gasteiger partial charge in [0.25, 0.3) is 0 Å². The van der Waals surface area contributed by atoms with Gasteiger partial charge in [-0.3, -0.25) is 9.59 Å². The number of carboxylic acids is 1. The zero-order chi connectivity index (χ0) is 16.4. The van der Waals surface area contributed by atoms with Gasteiger partial charge in [0.05, 0.1) is 0 Å². The molecule has 0 heterocycles. The number of hydrogen-bond acceptors (Lipinski definition) is 4. The van der Waals surface area contributed by atoms with Crippen LogP contribution in [-0.4, -0.2) is 47.5 Å². The third-order valence-electron chi connectivity index (χ3n) is 2.37. The topological polar surface area (TPSA) is 151 Å². The van der Waals surface area contributed by atoms with E-state index >= 15 is 0 Å². The van der Waals surface area contributed by atoms with Gasteiger partial charge in [-0.1, -0.05) is 0 Å². The molecule has 4 amide bonds. The van der Waals surface area contributed by atoms with E-state index in [1.807, 2.05) is 13.8 Å². The first kappa shape index (κ1) is 18.7. The predicted molar refractivity (Wildman–Crippen MR) is 74.3 cm³/mol. The van der Waals surface area contributed by atoms with Crippen molar-refractivity contribution in [3.05, 3.63) is 0 Å². The van der Waals surface area contributed by atoms with Crippen LogP contribution in [0.25, 0.3) is 0 Å². The number of rotatable bonds is 9. The summed E-state index contributed by atoms with van der Waals surface area (Å²) in [5.41, 5.74) is 4.92. The van der Waals surface area contributed by atoms with Gasteiger partial charge in [-0.05, 0) is 20.3 Å². The first-order valence-corrected chi connectivity index (χ1v) is 6.57. The van der Waals surface area contributed by atoms with E-state index < -0.39 is 23.9 Å². The number of urea groups is 1. The molecule has 21 heavy (non-hydrogen) atoms. The zero-order valence-corrected chi connectivity index (χ0v) is 12.1. The van der Waals surface area contributed by atoms with Gasteiger partial charge in [-0.2, -0.15) is 0 Å². The molecule has 0 bridgehead atoms. The highest BCUT2D eigenvalue weighted by Gasteiger charge is 2.20. The largest absolute Gasteiger partial charge is 0.480 e. The van der Waals surface area contributed by atoms with Crippen molar-refractivity contribution in [3.8, 4) is 0 Å². The lowest BCUT2D eigenvalue weighted by Crippen LogP contribution is -2.47. The normalized spacial score (nSPS) is 11.6. The van der Waals surface area contributed by atoms with Gasteiger partial charge in [0.15, 0.2) is 0 Å². The number of hydrogen-bond donors (Lipinski definition) is 5. The van der Waals surface area contributed by atoms with Gasteiger partial charge in [0, 0.05) is 25.4 Å². The number of carboxylic acid groups (broad SMARTS) is 1. The van der Waals surface area contributed by atoms with Gasteiger partial charge < -0.3 is 26.8 Å². The summed E-state index contributed by atoms with van der Waals surface area (Å²) in [7, 11) is 0. The number of primary amides is 1. The standard InChI is InChI=1S/C12H22N4O5/c1-7(2)15-10(18)5-6-14-12(21)16-8(11(19)20)3-4-9(13)17/h7-8H,3-6H2,1-2H3,(H2,13,17)(H,15,18)(H,19,20)(H2,14,16,21).